The molecule has 0 N–H and O–H groups in total. The van der Waals surface area contributed by atoms with Crippen molar-refractivity contribution < 1.29 is 9.53 Å². The normalized spacial score (nSPS) is 13.1. The first-order valence-corrected chi connectivity index (χ1v) is 8.04. The van der Waals surface area contributed by atoms with Crippen molar-refractivity contribution in [2.75, 3.05) is 18.6 Å². The van der Waals surface area contributed by atoms with E-state index in [1.54, 1.807) is 0 Å². The van der Waals surface area contributed by atoms with Crippen LogP contribution in [0.1, 0.15) is 21.5 Å². The molecule has 0 radical (unpaired) electrons. The predicted molar refractivity (Wildman–Crippen MR) is 94.3 cm³/mol. The zero-order chi connectivity index (χ0) is 16.5. The molecule has 0 spiro atoms. The topological polar surface area (TPSA) is 42.4 Å². The third kappa shape index (κ3) is 2.60. The summed E-state index contributed by atoms with van der Waals surface area (Å²) in [6.45, 7) is 1.82. The molecular formula is C20H18N2O2. The minimum atomic E-state index is -0.279. The Kier molecular flexibility index (Phi) is 3.65. The van der Waals surface area contributed by atoms with Crippen molar-refractivity contribution in [3.05, 3.63) is 71.4 Å². The second-order valence-corrected chi connectivity index (χ2v) is 6.04. The van der Waals surface area contributed by atoms with E-state index in [1.807, 2.05) is 30.5 Å². The van der Waals surface area contributed by atoms with Crippen LogP contribution >= 0.6 is 0 Å². The maximum Gasteiger partial charge on any atom is 0.337 e. The van der Waals surface area contributed by atoms with Crippen molar-refractivity contribution in [3.63, 3.8) is 0 Å². The fraction of sp³-hybridized carbons (Fsp3) is 0.200. The van der Waals surface area contributed by atoms with Crippen molar-refractivity contribution in [1.29, 1.82) is 0 Å². The van der Waals surface area contributed by atoms with Gasteiger partial charge in [-0.2, -0.15) is 0 Å². The van der Waals surface area contributed by atoms with E-state index >= 15 is 0 Å². The number of fused-ring (bicyclic) bond motifs is 2. The molecule has 1 aromatic heterocycles. The molecule has 0 fully saturated rings. The number of esters is 1. The minimum absolute atomic E-state index is 0.279. The molecule has 4 rings (SSSR count). The second kappa shape index (κ2) is 5.96. The molecule has 3 aromatic rings. The van der Waals surface area contributed by atoms with Gasteiger partial charge in [-0.05, 0) is 53.9 Å². The van der Waals surface area contributed by atoms with Gasteiger partial charge in [-0.15, -0.1) is 0 Å². The average molecular weight is 318 g/mol. The number of nitrogens with zero attached hydrogens (tertiary/aromatic N) is 2. The van der Waals surface area contributed by atoms with Crippen LogP contribution < -0.4 is 4.90 Å². The molecule has 0 saturated carbocycles. The molecule has 120 valence electrons. The summed E-state index contributed by atoms with van der Waals surface area (Å²) in [5.74, 6) is -0.279. The highest BCUT2D eigenvalue weighted by atomic mass is 16.5. The smallest absolute Gasteiger partial charge is 0.337 e. The van der Waals surface area contributed by atoms with E-state index in [-0.39, 0.29) is 5.97 Å². The number of rotatable bonds is 3. The molecule has 0 saturated heterocycles. The molecule has 0 unspecified atom stereocenters. The van der Waals surface area contributed by atoms with Crippen LogP contribution in [0.4, 0.5) is 5.69 Å². The van der Waals surface area contributed by atoms with Gasteiger partial charge in [-0.3, -0.25) is 4.98 Å². The average Bonchev–Trinajstić information content (AvgIpc) is 3.03. The Labute approximate surface area is 140 Å². The summed E-state index contributed by atoms with van der Waals surface area (Å²) < 4.78 is 4.80. The van der Waals surface area contributed by atoms with Crippen LogP contribution in [0.15, 0.2) is 54.7 Å². The third-order valence-electron chi connectivity index (χ3n) is 4.53. The molecule has 2 heterocycles. The van der Waals surface area contributed by atoms with Crippen LogP contribution in [0.25, 0.3) is 10.9 Å². The number of hydrogen-bond donors (Lipinski definition) is 0. The Morgan fingerprint density at radius 2 is 2.12 bits per heavy atom. The first-order chi connectivity index (χ1) is 11.7. The molecule has 0 atom stereocenters. The van der Waals surface area contributed by atoms with Crippen LogP contribution in [-0.2, 0) is 17.7 Å². The fourth-order valence-electron chi connectivity index (χ4n) is 3.32. The lowest BCUT2D eigenvalue weighted by Crippen LogP contribution is -2.19. The molecule has 0 bridgehead atoms. The van der Waals surface area contributed by atoms with Crippen LogP contribution in [-0.4, -0.2) is 24.6 Å². The number of methoxy groups -OCH3 is 1. The number of hydrogen-bond acceptors (Lipinski definition) is 4. The quantitative estimate of drug-likeness (QED) is 0.692. The number of aromatic nitrogens is 1. The van der Waals surface area contributed by atoms with Gasteiger partial charge in [0, 0.05) is 30.4 Å². The largest absolute Gasteiger partial charge is 0.465 e. The Morgan fingerprint density at radius 1 is 1.21 bits per heavy atom. The highest BCUT2D eigenvalue weighted by Gasteiger charge is 2.21. The third-order valence-corrected chi connectivity index (χ3v) is 4.53. The van der Waals surface area contributed by atoms with Gasteiger partial charge in [0.1, 0.15) is 0 Å². The Balaban J connectivity index is 1.59. The highest BCUT2D eigenvalue weighted by Crippen LogP contribution is 2.30. The van der Waals surface area contributed by atoms with Gasteiger partial charge >= 0.3 is 5.97 Å². The van der Waals surface area contributed by atoms with Gasteiger partial charge in [0.05, 0.1) is 18.2 Å². The maximum atomic E-state index is 11.7. The molecule has 4 heteroatoms. The predicted octanol–water partition coefficient (Wildman–Crippen LogP) is 3.58. The molecule has 0 amide bonds. The summed E-state index contributed by atoms with van der Waals surface area (Å²) in [5.41, 5.74) is 5.32. The van der Waals surface area contributed by atoms with E-state index in [4.69, 9.17) is 4.74 Å². The molecule has 4 nitrogen and oxygen atoms in total. The lowest BCUT2D eigenvalue weighted by atomic mass is 10.1. The molecule has 2 aromatic carbocycles. The van der Waals surface area contributed by atoms with Gasteiger partial charge in [0.25, 0.3) is 0 Å². The lowest BCUT2D eigenvalue weighted by Gasteiger charge is -2.20. The minimum Gasteiger partial charge on any atom is -0.465 e. The molecule has 24 heavy (non-hydrogen) atoms. The number of benzene rings is 2. The maximum absolute atomic E-state index is 11.7. The Hall–Kier alpha value is -2.88. The van der Waals surface area contributed by atoms with Gasteiger partial charge in [0.15, 0.2) is 0 Å². The number of pyridine rings is 1. The molecule has 0 aliphatic carbocycles. The van der Waals surface area contributed by atoms with Crippen molar-refractivity contribution in [3.8, 4) is 0 Å². The van der Waals surface area contributed by atoms with E-state index in [2.05, 4.69) is 34.1 Å². The SMILES string of the molecule is COC(=O)c1ccc2c(c1)CCN2Cc1ccc2ncccc2c1. The van der Waals surface area contributed by atoms with Crippen molar-refractivity contribution in [2.45, 2.75) is 13.0 Å². The Morgan fingerprint density at radius 3 is 3.00 bits per heavy atom. The first-order valence-electron chi connectivity index (χ1n) is 8.04. The number of ether oxygens (including phenoxy) is 1. The van der Waals surface area contributed by atoms with Crippen LogP contribution in [0, 0.1) is 0 Å². The van der Waals surface area contributed by atoms with Crippen molar-refractivity contribution in [1.82, 2.24) is 4.98 Å². The van der Waals surface area contributed by atoms with E-state index < -0.39 is 0 Å². The zero-order valence-corrected chi connectivity index (χ0v) is 13.5. The number of anilines is 1. The van der Waals surface area contributed by atoms with E-state index in [0.717, 1.165) is 30.4 Å². The van der Waals surface area contributed by atoms with Crippen LogP contribution in [0.2, 0.25) is 0 Å². The lowest BCUT2D eigenvalue weighted by molar-refractivity contribution is 0.0600. The van der Waals surface area contributed by atoms with E-state index in [1.165, 1.54) is 23.9 Å². The van der Waals surface area contributed by atoms with Crippen LogP contribution in [0.5, 0.6) is 0 Å². The second-order valence-electron chi connectivity index (χ2n) is 6.04. The zero-order valence-electron chi connectivity index (χ0n) is 13.5. The number of carbonyl (C=O) groups is 1. The van der Waals surface area contributed by atoms with Crippen molar-refractivity contribution >= 4 is 22.6 Å². The molecule has 1 aliphatic rings. The summed E-state index contributed by atoms with van der Waals surface area (Å²) in [7, 11) is 1.41. The molecule has 1 aliphatic heterocycles. The van der Waals surface area contributed by atoms with Crippen LogP contribution in [0.3, 0.4) is 0 Å². The summed E-state index contributed by atoms with van der Waals surface area (Å²) in [5, 5.41) is 1.16. The standard InChI is InChI=1S/C20H18N2O2/c1-24-20(23)17-5-7-19-16(12-17)8-10-22(19)13-14-4-6-18-15(11-14)3-2-9-21-18/h2-7,9,11-12H,8,10,13H2,1H3. The summed E-state index contributed by atoms with van der Waals surface area (Å²) in [6.07, 6.45) is 2.77. The highest BCUT2D eigenvalue weighted by molar-refractivity contribution is 5.90. The Bertz CT molecular complexity index is 920. The summed E-state index contributed by atoms with van der Waals surface area (Å²) in [6, 6.07) is 16.3. The molecular weight excluding hydrogens is 300 g/mol. The monoisotopic (exact) mass is 318 g/mol. The summed E-state index contributed by atoms with van der Waals surface area (Å²) >= 11 is 0. The van der Waals surface area contributed by atoms with Gasteiger partial charge in [0.2, 0.25) is 0 Å². The van der Waals surface area contributed by atoms with Gasteiger partial charge < -0.3 is 9.64 Å². The van der Waals surface area contributed by atoms with E-state index in [9.17, 15) is 4.79 Å². The first kappa shape index (κ1) is 14.7. The van der Waals surface area contributed by atoms with Crippen molar-refractivity contribution in [2.24, 2.45) is 0 Å². The summed E-state index contributed by atoms with van der Waals surface area (Å²) in [4.78, 5) is 18.4. The van der Waals surface area contributed by atoms with E-state index in [0.29, 0.717) is 5.56 Å². The fourth-order valence-corrected chi connectivity index (χ4v) is 3.32. The van der Waals surface area contributed by atoms with Gasteiger partial charge in [-0.25, -0.2) is 4.79 Å². The number of carbonyl (C=O) groups excluding carboxylic acids is 1. The van der Waals surface area contributed by atoms with Gasteiger partial charge in [-0.1, -0.05) is 12.1 Å².